The smallest absolute Gasteiger partial charge is 0.197 e. The summed E-state index contributed by atoms with van der Waals surface area (Å²) in [5, 5.41) is 1.04. The van der Waals surface area contributed by atoms with Crippen LogP contribution in [-0.2, 0) is 4.74 Å². The average molecular weight is 220 g/mol. The third kappa shape index (κ3) is 2.36. The maximum absolute atomic E-state index is 5.67. The highest BCUT2D eigenvalue weighted by atomic mass is 16.7. The van der Waals surface area contributed by atoms with E-state index in [1.54, 1.807) is 6.26 Å². The summed E-state index contributed by atoms with van der Waals surface area (Å²) in [5.41, 5.74) is 0.773. The number of hydrogen-bond donors (Lipinski definition) is 0. The minimum atomic E-state index is -0.254. The van der Waals surface area contributed by atoms with Crippen LogP contribution in [0.2, 0.25) is 0 Å². The molecule has 0 saturated carbocycles. The maximum Gasteiger partial charge on any atom is 0.197 e. The van der Waals surface area contributed by atoms with Gasteiger partial charge in [0.25, 0.3) is 0 Å². The summed E-state index contributed by atoms with van der Waals surface area (Å²) in [6, 6.07) is 7.74. The van der Waals surface area contributed by atoms with Gasteiger partial charge in [-0.25, -0.2) is 0 Å². The molecular formula is C13H16O3. The van der Waals surface area contributed by atoms with E-state index in [4.69, 9.17) is 13.9 Å². The largest absolute Gasteiger partial charge is 0.461 e. The van der Waals surface area contributed by atoms with Gasteiger partial charge in [0, 0.05) is 5.39 Å². The summed E-state index contributed by atoms with van der Waals surface area (Å²) in [6.07, 6.45) is 2.39. The highest BCUT2D eigenvalue weighted by Gasteiger charge is 2.08. The van der Waals surface area contributed by atoms with Gasteiger partial charge in [-0.3, -0.25) is 0 Å². The Morgan fingerprint density at radius 1 is 1.31 bits per heavy atom. The first-order valence-corrected chi connectivity index (χ1v) is 5.55. The predicted molar refractivity (Wildman–Crippen MR) is 62.5 cm³/mol. The zero-order valence-electron chi connectivity index (χ0n) is 9.60. The number of benzene rings is 1. The van der Waals surface area contributed by atoms with Crippen molar-refractivity contribution < 1.29 is 13.9 Å². The average Bonchev–Trinajstić information content (AvgIpc) is 2.75. The van der Waals surface area contributed by atoms with Crippen LogP contribution in [0.4, 0.5) is 0 Å². The van der Waals surface area contributed by atoms with Gasteiger partial charge in [-0.2, -0.15) is 0 Å². The Morgan fingerprint density at radius 2 is 2.19 bits per heavy atom. The van der Waals surface area contributed by atoms with Gasteiger partial charge in [0.15, 0.2) is 17.6 Å². The molecule has 3 heteroatoms. The lowest BCUT2D eigenvalue weighted by Crippen LogP contribution is -2.16. The third-order valence-electron chi connectivity index (χ3n) is 2.29. The van der Waals surface area contributed by atoms with Crippen LogP contribution in [0.15, 0.2) is 34.9 Å². The van der Waals surface area contributed by atoms with Gasteiger partial charge < -0.3 is 13.9 Å². The Labute approximate surface area is 95.0 Å². The van der Waals surface area contributed by atoms with Crippen LogP contribution in [0.5, 0.6) is 5.75 Å². The Hall–Kier alpha value is -1.48. The van der Waals surface area contributed by atoms with Gasteiger partial charge in [0.2, 0.25) is 0 Å². The second-order valence-corrected chi connectivity index (χ2v) is 3.65. The third-order valence-corrected chi connectivity index (χ3v) is 2.29. The molecule has 1 atom stereocenters. The fourth-order valence-corrected chi connectivity index (χ4v) is 1.55. The molecule has 1 unspecified atom stereocenters. The van der Waals surface area contributed by atoms with E-state index < -0.39 is 0 Å². The Morgan fingerprint density at radius 3 is 3.00 bits per heavy atom. The van der Waals surface area contributed by atoms with Crippen LogP contribution in [0.1, 0.15) is 20.3 Å². The number of ether oxygens (including phenoxy) is 2. The summed E-state index contributed by atoms with van der Waals surface area (Å²) < 4.78 is 16.5. The molecule has 1 heterocycles. The van der Waals surface area contributed by atoms with Crippen molar-refractivity contribution >= 4 is 11.0 Å². The number of furan rings is 1. The summed E-state index contributed by atoms with van der Waals surface area (Å²) in [5.74, 6) is 0.728. The van der Waals surface area contributed by atoms with Crippen LogP contribution < -0.4 is 4.74 Å². The van der Waals surface area contributed by atoms with E-state index in [0.29, 0.717) is 6.61 Å². The highest BCUT2D eigenvalue weighted by Crippen LogP contribution is 2.27. The Kier molecular flexibility index (Phi) is 3.47. The monoisotopic (exact) mass is 220 g/mol. The molecular weight excluding hydrogens is 204 g/mol. The fraction of sp³-hybridized carbons (Fsp3) is 0.385. The number of para-hydroxylation sites is 1. The van der Waals surface area contributed by atoms with Gasteiger partial charge in [-0.05, 0) is 25.5 Å². The van der Waals surface area contributed by atoms with Crippen LogP contribution in [0.25, 0.3) is 11.0 Å². The van der Waals surface area contributed by atoms with Crippen LogP contribution in [0.3, 0.4) is 0 Å². The first-order chi connectivity index (χ1) is 7.81. The van der Waals surface area contributed by atoms with E-state index in [2.05, 4.69) is 6.92 Å². The van der Waals surface area contributed by atoms with Gasteiger partial charge in [0.1, 0.15) is 0 Å². The van der Waals surface area contributed by atoms with E-state index in [1.165, 1.54) is 0 Å². The Balaban J connectivity index is 2.11. The molecule has 86 valence electrons. The summed E-state index contributed by atoms with van der Waals surface area (Å²) >= 11 is 0. The molecule has 0 aliphatic heterocycles. The molecule has 0 bridgehead atoms. The van der Waals surface area contributed by atoms with E-state index >= 15 is 0 Å². The van der Waals surface area contributed by atoms with Crippen molar-refractivity contribution in [2.75, 3.05) is 6.61 Å². The van der Waals surface area contributed by atoms with Gasteiger partial charge >= 0.3 is 0 Å². The van der Waals surface area contributed by atoms with E-state index in [1.807, 2.05) is 31.2 Å². The van der Waals surface area contributed by atoms with Crippen LogP contribution >= 0.6 is 0 Å². The minimum absolute atomic E-state index is 0.254. The van der Waals surface area contributed by atoms with Crippen molar-refractivity contribution in [3.8, 4) is 5.75 Å². The lowest BCUT2D eigenvalue weighted by Gasteiger charge is -2.14. The number of rotatable bonds is 5. The van der Waals surface area contributed by atoms with Crippen molar-refractivity contribution in [3.63, 3.8) is 0 Å². The first kappa shape index (κ1) is 11.0. The maximum atomic E-state index is 5.67. The number of hydrogen-bond acceptors (Lipinski definition) is 3. The van der Waals surface area contributed by atoms with Crippen molar-refractivity contribution in [1.82, 2.24) is 0 Å². The summed E-state index contributed by atoms with van der Waals surface area (Å²) in [6.45, 7) is 4.66. The lowest BCUT2D eigenvalue weighted by atomic mass is 10.2. The molecule has 1 aromatic heterocycles. The predicted octanol–water partition coefficient (Wildman–Crippen LogP) is 3.58. The Bertz CT molecular complexity index is 447. The molecule has 1 aromatic carbocycles. The molecule has 0 aliphatic rings. The van der Waals surface area contributed by atoms with Crippen molar-refractivity contribution in [1.29, 1.82) is 0 Å². The summed E-state index contributed by atoms with van der Waals surface area (Å²) in [4.78, 5) is 0. The molecule has 3 nitrogen and oxygen atoms in total. The topological polar surface area (TPSA) is 31.6 Å². The number of fused-ring (bicyclic) bond motifs is 1. The standard InChI is InChI=1S/C13H16O3/c1-3-8-14-10(2)16-12-6-4-5-11-7-9-15-13(11)12/h4-7,9-10H,3,8H2,1-2H3. The van der Waals surface area contributed by atoms with Crippen molar-refractivity contribution in [2.24, 2.45) is 0 Å². The SMILES string of the molecule is CCCOC(C)Oc1cccc2ccoc12. The molecule has 0 N–H and O–H groups in total. The molecule has 16 heavy (non-hydrogen) atoms. The van der Waals surface area contributed by atoms with E-state index in [9.17, 15) is 0 Å². The van der Waals surface area contributed by atoms with E-state index in [-0.39, 0.29) is 6.29 Å². The van der Waals surface area contributed by atoms with Gasteiger partial charge in [0.05, 0.1) is 12.9 Å². The highest BCUT2D eigenvalue weighted by molar-refractivity contribution is 5.82. The fourth-order valence-electron chi connectivity index (χ4n) is 1.55. The minimum Gasteiger partial charge on any atom is -0.461 e. The summed E-state index contributed by atoms with van der Waals surface area (Å²) in [7, 11) is 0. The molecule has 0 aliphatic carbocycles. The van der Waals surface area contributed by atoms with Gasteiger partial charge in [-0.15, -0.1) is 0 Å². The first-order valence-electron chi connectivity index (χ1n) is 5.55. The molecule has 0 spiro atoms. The van der Waals surface area contributed by atoms with Crippen molar-refractivity contribution in [3.05, 3.63) is 30.5 Å². The molecule has 0 fully saturated rings. The second-order valence-electron chi connectivity index (χ2n) is 3.65. The molecule has 0 amide bonds. The second kappa shape index (κ2) is 5.03. The van der Waals surface area contributed by atoms with E-state index in [0.717, 1.165) is 23.1 Å². The molecule has 2 rings (SSSR count). The van der Waals surface area contributed by atoms with Crippen molar-refractivity contribution in [2.45, 2.75) is 26.6 Å². The normalized spacial score (nSPS) is 12.9. The zero-order valence-corrected chi connectivity index (χ0v) is 9.60. The quantitative estimate of drug-likeness (QED) is 0.722. The van der Waals surface area contributed by atoms with Gasteiger partial charge in [-0.1, -0.05) is 19.1 Å². The molecule has 0 radical (unpaired) electrons. The van der Waals surface area contributed by atoms with Crippen LogP contribution in [-0.4, -0.2) is 12.9 Å². The lowest BCUT2D eigenvalue weighted by molar-refractivity contribution is -0.0659. The zero-order chi connectivity index (χ0) is 11.4. The van der Waals surface area contributed by atoms with Crippen LogP contribution in [0, 0.1) is 0 Å². The molecule has 2 aromatic rings. The molecule has 0 saturated heterocycles.